The molecule has 0 radical (unpaired) electrons. The summed E-state index contributed by atoms with van der Waals surface area (Å²) in [6.07, 6.45) is 0.460. The van der Waals surface area contributed by atoms with Gasteiger partial charge in [0.05, 0.1) is 5.01 Å². The van der Waals surface area contributed by atoms with Crippen LogP contribution in [0, 0.1) is 6.92 Å². The lowest BCUT2D eigenvalue weighted by Gasteiger charge is -2.05. The summed E-state index contributed by atoms with van der Waals surface area (Å²) in [4.78, 5) is 37.7. The number of carboxylic acids is 1. The molecule has 21 heavy (non-hydrogen) atoms. The van der Waals surface area contributed by atoms with Crippen molar-refractivity contribution >= 4 is 34.6 Å². The van der Waals surface area contributed by atoms with Crippen molar-refractivity contribution in [1.29, 1.82) is 0 Å². The van der Waals surface area contributed by atoms with E-state index in [4.69, 9.17) is 5.11 Å². The van der Waals surface area contributed by atoms with E-state index >= 15 is 0 Å². The number of aryl methyl sites for hydroxylation is 1. The highest BCUT2D eigenvalue weighted by Gasteiger charge is 2.10. The minimum Gasteiger partial charge on any atom is -0.476 e. The van der Waals surface area contributed by atoms with Gasteiger partial charge in [-0.15, -0.1) is 11.3 Å². The van der Waals surface area contributed by atoms with E-state index in [2.05, 4.69) is 10.3 Å². The molecule has 112 valence electrons. The number of nitrogens with one attached hydrogen (secondary N) is 1. The standard InChI is InChI=1S/C12H13N3O4S2/c1-7-5-21-12(19)15(7)4-9(16)13-3-2-10-14-8(6-20-10)11(17)18/h5-6H,2-4H2,1H3,(H,13,16)(H,17,18). The molecule has 0 atom stereocenters. The average Bonchev–Trinajstić information content (AvgIpc) is 3.01. The number of rotatable bonds is 6. The summed E-state index contributed by atoms with van der Waals surface area (Å²) >= 11 is 2.31. The second-order valence-electron chi connectivity index (χ2n) is 4.26. The van der Waals surface area contributed by atoms with Gasteiger partial charge in [-0.3, -0.25) is 14.2 Å². The molecule has 0 saturated heterocycles. The molecule has 2 rings (SSSR count). The van der Waals surface area contributed by atoms with Gasteiger partial charge in [-0.05, 0) is 6.92 Å². The van der Waals surface area contributed by atoms with Crippen molar-refractivity contribution in [3.05, 3.63) is 36.8 Å². The Morgan fingerprint density at radius 2 is 2.14 bits per heavy atom. The molecule has 0 aliphatic rings. The molecule has 2 N–H and O–H groups in total. The van der Waals surface area contributed by atoms with Gasteiger partial charge >= 0.3 is 10.8 Å². The number of amides is 1. The Bertz CT molecular complexity index is 716. The lowest BCUT2D eigenvalue weighted by molar-refractivity contribution is -0.121. The summed E-state index contributed by atoms with van der Waals surface area (Å²) in [6.45, 7) is 2.12. The number of hydrogen-bond donors (Lipinski definition) is 2. The SMILES string of the molecule is Cc1csc(=O)n1CC(=O)NCCc1nc(C(=O)O)cs1. The van der Waals surface area contributed by atoms with E-state index in [1.54, 1.807) is 12.3 Å². The molecule has 2 aromatic heterocycles. The first kappa shape index (κ1) is 15.4. The van der Waals surface area contributed by atoms with Crippen LogP contribution in [-0.2, 0) is 17.8 Å². The maximum atomic E-state index is 11.7. The zero-order valence-electron chi connectivity index (χ0n) is 11.2. The van der Waals surface area contributed by atoms with Gasteiger partial charge in [0.1, 0.15) is 6.54 Å². The topological polar surface area (TPSA) is 101 Å². The molecule has 0 spiro atoms. The summed E-state index contributed by atoms with van der Waals surface area (Å²) in [6, 6.07) is 0. The van der Waals surface area contributed by atoms with Crippen LogP contribution < -0.4 is 10.2 Å². The van der Waals surface area contributed by atoms with Crippen LogP contribution in [0.4, 0.5) is 0 Å². The molecule has 0 unspecified atom stereocenters. The smallest absolute Gasteiger partial charge is 0.355 e. The van der Waals surface area contributed by atoms with Crippen molar-refractivity contribution in [1.82, 2.24) is 14.9 Å². The highest BCUT2D eigenvalue weighted by Crippen LogP contribution is 2.09. The molecule has 0 saturated carbocycles. The van der Waals surface area contributed by atoms with E-state index in [-0.39, 0.29) is 23.0 Å². The number of thiazole rings is 2. The first-order valence-corrected chi connectivity index (χ1v) is 7.82. The second-order valence-corrected chi connectivity index (χ2v) is 6.02. The van der Waals surface area contributed by atoms with Crippen LogP contribution >= 0.6 is 22.7 Å². The van der Waals surface area contributed by atoms with Crippen LogP contribution in [0.5, 0.6) is 0 Å². The van der Waals surface area contributed by atoms with E-state index < -0.39 is 5.97 Å². The monoisotopic (exact) mass is 327 g/mol. The predicted octanol–water partition coefficient (Wildman–Crippen LogP) is 0.732. The Kier molecular flexibility index (Phi) is 4.86. The van der Waals surface area contributed by atoms with Crippen LogP contribution in [0.2, 0.25) is 0 Å². The number of carbonyl (C=O) groups excluding carboxylic acids is 1. The number of carboxylic acid groups (broad SMARTS) is 1. The summed E-state index contributed by atoms with van der Waals surface area (Å²) in [7, 11) is 0. The third kappa shape index (κ3) is 3.99. The van der Waals surface area contributed by atoms with E-state index in [1.807, 2.05) is 0 Å². The summed E-state index contributed by atoms with van der Waals surface area (Å²) in [5.74, 6) is -1.32. The lowest BCUT2D eigenvalue weighted by atomic mass is 10.4. The largest absolute Gasteiger partial charge is 0.476 e. The molecule has 9 heteroatoms. The van der Waals surface area contributed by atoms with Gasteiger partial charge in [0.2, 0.25) is 5.91 Å². The van der Waals surface area contributed by atoms with Crippen LogP contribution in [0.3, 0.4) is 0 Å². The number of nitrogens with zero attached hydrogens (tertiary/aromatic N) is 2. The van der Waals surface area contributed by atoms with Gasteiger partial charge in [0.25, 0.3) is 0 Å². The van der Waals surface area contributed by atoms with Gasteiger partial charge in [-0.25, -0.2) is 9.78 Å². The van der Waals surface area contributed by atoms with Crippen LogP contribution in [0.1, 0.15) is 21.2 Å². The van der Waals surface area contributed by atoms with Crippen molar-refractivity contribution in [2.24, 2.45) is 0 Å². The highest BCUT2D eigenvalue weighted by molar-refractivity contribution is 7.09. The molecule has 0 bridgehead atoms. The molecule has 0 fully saturated rings. The first-order valence-electron chi connectivity index (χ1n) is 6.06. The maximum absolute atomic E-state index is 11.7. The molecular weight excluding hydrogens is 314 g/mol. The van der Waals surface area contributed by atoms with Crippen LogP contribution in [0.15, 0.2) is 15.6 Å². The second kappa shape index (κ2) is 6.64. The van der Waals surface area contributed by atoms with Crippen molar-refractivity contribution in [2.75, 3.05) is 6.54 Å². The number of hydrogen-bond acceptors (Lipinski definition) is 6. The maximum Gasteiger partial charge on any atom is 0.355 e. The predicted molar refractivity (Wildman–Crippen MR) is 79.1 cm³/mol. The van der Waals surface area contributed by atoms with E-state index in [9.17, 15) is 14.4 Å². The molecule has 1 amide bonds. The fraction of sp³-hybridized carbons (Fsp3) is 0.333. The lowest BCUT2D eigenvalue weighted by Crippen LogP contribution is -2.32. The molecule has 0 aromatic carbocycles. The van der Waals surface area contributed by atoms with Gasteiger partial charge in [0.15, 0.2) is 5.69 Å². The summed E-state index contributed by atoms with van der Waals surface area (Å²) in [5, 5.41) is 15.3. The Morgan fingerprint density at radius 1 is 1.38 bits per heavy atom. The van der Waals surface area contributed by atoms with Crippen molar-refractivity contribution < 1.29 is 14.7 Å². The van der Waals surface area contributed by atoms with Crippen LogP contribution in [-0.4, -0.2) is 33.1 Å². The molecule has 2 heterocycles. The molecule has 2 aromatic rings. The highest BCUT2D eigenvalue weighted by atomic mass is 32.1. The van der Waals surface area contributed by atoms with E-state index in [1.165, 1.54) is 21.3 Å². The Morgan fingerprint density at radius 3 is 2.71 bits per heavy atom. The third-order valence-corrected chi connectivity index (χ3v) is 4.50. The fourth-order valence-electron chi connectivity index (χ4n) is 1.63. The van der Waals surface area contributed by atoms with Crippen molar-refractivity contribution in [3.63, 3.8) is 0 Å². The molecule has 0 aliphatic heterocycles. The molecule has 7 nitrogen and oxygen atoms in total. The Hall–Kier alpha value is -2.00. The normalized spacial score (nSPS) is 10.5. The zero-order valence-corrected chi connectivity index (χ0v) is 12.8. The Labute approximate surface area is 127 Å². The zero-order chi connectivity index (χ0) is 15.4. The quantitative estimate of drug-likeness (QED) is 0.814. The molecular formula is C12H13N3O4S2. The number of aromatic carboxylic acids is 1. The third-order valence-electron chi connectivity index (χ3n) is 2.71. The van der Waals surface area contributed by atoms with Gasteiger partial charge in [-0.2, -0.15) is 0 Å². The van der Waals surface area contributed by atoms with Gasteiger partial charge in [0, 0.05) is 29.4 Å². The molecule has 0 aliphatic carbocycles. The minimum absolute atomic E-state index is 0.00753. The van der Waals surface area contributed by atoms with Crippen LogP contribution in [0.25, 0.3) is 0 Å². The van der Waals surface area contributed by atoms with Crippen molar-refractivity contribution in [3.8, 4) is 0 Å². The average molecular weight is 327 g/mol. The van der Waals surface area contributed by atoms with Gasteiger partial charge in [-0.1, -0.05) is 11.3 Å². The Balaban J connectivity index is 1.81. The van der Waals surface area contributed by atoms with Crippen molar-refractivity contribution in [2.45, 2.75) is 19.9 Å². The first-order chi connectivity index (χ1) is 9.97. The number of carbonyl (C=O) groups is 2. The fourth-order valence-corrected chi connectivity index (χ4v) is 3.14. The summed E-state index contributed by atoms with van der Waals surface area (Å²) < 4.78 is 1.41. The van der Waals surface area contributed by atoms with E-state index in [0.717, 1.165) is 17.0 Å². The van der Waals surface area contributed by atoms with Gasteiger partial charge < -0.3 is 10.4 Å². The number of aromatic nitrogens is 2. The van der Waals surface area contributed by atoms with E-state index in [0.29, 0.717) is 18.0 Å². The minimum atomic E-state index is -1.06. The summed E-state index contributed by atoms with van der Waals surface area (Å²) in [5.41, 5.74) is 0.771.